The highest BCUT2D eigenvalue weighted by molar-refractivity contribution is 5.41. The minimum Gasteiger partial charge on any atom is -0.496 e. The Hall–Kier alpha value is -1.98. The smallest absolute Gasteiger partial charge is 0.159 e. The zero-order chi connectivity index (χ0) is 14.7. The fourth-order valence-electron chi connectivity index (χ4n) is 2.09. The molecule has 3 nitrogen and oxygen atoms in total. The minimum absolute atomic E-state index is 0.445. The van der Waals surface area contributed by atoms with Crippen molar-refractivity contribution in [2.75, 3.05) is 7.11 Å². The van der Waals surface area contributed by atoms with Gasteiger partial charge in [0, 0.05) is 0 Å². The summed E-state index contributed by atoms with van der Waals surface area (Å²) < 4.78 is 31.6. The van der Waals surface area contributed by atoms with Crippen molar-refractivity contribution < 1.29 is 13.5 Å². The Morgan fingerprint density at radius 1 is 1.05 bits per heavy atom. The SMILES string of the molecule is COc1cc(C(NN)c2ccc(F)c(F)c2)ccc1C. The molecule has 0 saturated carbocycles. The van der Waals surface area contributed by atoms with Gasteiger partial charge in [0.15, 0.2) is 11.6 Å². The molecule has 0 aliphatic carbocycles. The van der Waals surface area contributed by atoms with E-state index in [1.165, 1.54) is 6.07 Å². The van der Waals surface area contributed by atoms with E-state index in [4.69, 9.17) is 10.6 Å². The number of rotatable bonds is 4. The standard InChI is InChI=1S/C15H16F2N2O/c1-9-3-4-11(8-14(9)20-2)15(19-18)10-5-6-12(16)13(17)7-10/h3-8,15,19H,18H2,1-2H3. The Kier molecular flexibility index (Phi) is 4.32. The van der Waals surface area contributed by atoms with Gasteiger partial charge in [0.25, 0.3) is 0 Å². The second-order valence-corrected chi connectivity index (χ2v) is 4.50. The number of hydrogen-bond acceptors (Lipinski definition) is 3. The molecule has 0 spiro atoms. The van der Waals surface area contributed by atoms with Gasteiger partial charge in [-0.2, -0.15) is 0 Å². The van der Waals surface area contributed by atoms with E-state index < -0.39 is 17.7 Å². The molecule has 20 heavy (non-hydrogen) atoms. The maximum Gasteiger partial charge on any atom is 0.159 e. The van der Waals surface area contributed by atoms with Crippen LogP contribution in [0.15, 0.2) is 36.4 Å². The molecule has 0 radical (unpaired) electrons. The highest BCUT2D eigenvalue weighted by Gasteiger charge is 2.16. The first-order valence-corrected chi connectivity index (χ1v) is 6.12. The van der Waals surface area contributed by atoms with Crippen molar-refractivity contribution in [1.82, 2.24) is 5.43 Å². The molecule has 0 aromatic heterocycles. The van der Waals surface area contributed by atoms with Crippen molar-refractivity contribution in [3.63, 3.8) is 0 Å². The molecule has 2 rings (SSSR count). The van der Waals surface area contributed by atoms with Gasteiger partial charge >= 0.3 is 0 Å². The van der Waals surface area contributed by atoms with Crippen LogP contribution in [-0.2, 0) is 0 Å². The summed E-state index contributed by atoms with van der Waals surface area (Å²) in [4.78, 5) is 0. The summed E-state index contributed by atoms with van der Waals surface area (Å²) >= 11 is 0. The topological polar surface area (TPSA) is 47.3 Å². The Bertz CT molecular complexity index is 617. The molecule has 3 N–H and O–H groups in total. The van der Waals surface area contributed by atoms with Crippen molar-refractivity contribution in [3.8, 4) is 5.75 Å². The predicted molar refractivity (Wildman–Crippen MR) is 73.3 cm³/mol. The van der Waals surface area contributed by atoms with Crippen LogP contribution >= 0.6 is 0 Å². The molecule has 2 aromatic rings. The van der Waals surface area contributed by atoms with E-state index in [1.54, 1.807) is 7.11 Å². The number of hydrazine groups is 1. The third-order valence-electron chi connectivity index (χ3n) is 3.21. The summed E-state index contributed by atoms with van der Waals surface area (Å²) in [5.74, 6) is 4.48. The third-order valence-corrected chi connectivity index (χ3v) is 3.21. The Balaban J connectivity index is 2.43. The first-order chi connectivity index (χ1) is 9.56. The van der Waals surface area contributed by atoms with E-state index in [9.17, 15) is 8.78 Å². The third kappa shape index (κ3) is 2.79. The van der Waals surface area contributed by atoms with E-state index in [0.717, 1.165) is 23.3 Å². The van der Waals surface area contributed by atoms with Crippen LogP contribution in [0.1, 0.15) is 22.7 Å². The lowest BCUT2D eigenvalue weighted by Crippen LogP contribution is -2.29. The molecule has 0 saturated heterocycles. The van der Waals surface area contributed by atoms with E-state index in [1.807, 2.05) is 25.1 Å². The highest BCUT2D eigenvalue weighted by atomic mass is 19.2. The number of ether oxygens (including phenoxy) is 1. The van der Waals surface area contributed by atoms with Crippen molar-refractivity contribution in [2.24, 2.45) is 5.84 Å². The van der Waals surface area contributed by atoms with Crippen LogP contribution < -0.4 is 16.0 Å². The van der Waals surface area contributed by atoms with Gasteiger partial charge in [0.1, 0.15) is 5.75 Å². The summed E-state index contributed by atoms with van der Waals surface area (Å²) in [6, 6.07) is 8.84. The number of halogens is 2. The normalized spacial score (nSPS) is 12.2. The summed E-state index contributed by atoms with van der Waals surface area (Å²) in [6.07, 6.45) is 0. The Morgan fingerprint density at radius 2 is 1.70 bits per heavy atom. The number of methoxy groups -OCH3 is 1. The van der Waals surface area contributed by atoms with Gasteiger partial charge in [-0.3, -0.25) is 5.84 Å². The van der Waals surface area contributed by atoms with Gasteiger partial charge < -0.3 is 4.74 Å². The molecule has 0 fully saturated rings. The maximum atomic E-state index is 13.3. The van der Waals surface area contributed by atoms with Crippen LogP contribution in [0.5, 0.6) is 5.75 Å². The number of nitrogens with one attached hydrogen (secondary N) is 1. The molecule has 1 atom stereocenters. The average Bonchev–Trinajstić information content (AvgIpc) is 2.45. The first kappa shape index (κ1) is 14.4. The summed E-state index contributed by atoms with van der Waals surface area (Å²) in [6.45, 7) is 1.92. The monoisotopic (exact) mass is 278 g/mol. The first-order valence-electron chi connectivity index (χ1n) is 6.12. The molecule has 0 aliphatic heterocycles. The molecule has 0 bridgehead atoms. The maximum absolute atomic E-state index is 13.3. The van der Waals surface area contributed by atoms with Gasteiger partial charge in [-0.1, -0.05) is 18.2 Å². The Labute approximate surface area is 116 Å². The van der Waals surface area contributed by atoms with Crippen LogP contribution in [0.4, 0.5) is 8.78 Å². The van der Waals surface area contributed by atoms with Crippen molar-refractivity contribution in [2.45, 2.75) is 13.0 Å². The molecule has 0 amide bonds. The number of benzene rings is 2. The van der Waals surface area contributed by atoms with Gasteiger partial charge in [-0.15, -0.1) is 0 Å². The summed E-state index contributed by atoms with van der Waals surface area (Å²) in [5.41, 5.74) is 4.94. The highest BCUT2D eigenvalue weighted by Crippen LogP contribution is 2.27. The lowest BCUT2D eigenvalue weighted by molar-refractivity contribution is 0.410. The quantitative estimate of drug-likeness (QED) is 0.668. The van der Waals surface area contributed by atoms with Crippen molar-refractivity contribution >= 4 is 0 Å². The molecular formula is C15H16F2N2O. The van der Waals surface area contributed by atoms with E-state index >= 15 is 0 Å². The number of hydrogen-bond donors (Lipinski definition) is 2. The number of aryl methyl sites for hydroxylation is 1. The zero-order valence-corrected chi connectivity index (χ0v) is 11.3. The van der Waals surface area contributed by atoms with Crippen molar-refractivity contribution in [3.05, 3.63) is 64.7 Å². The molecule has 5 heteroatoms. The summed E-state index contributed by atoms with van der Waals surface area (Å²) in [7, 11) is 1.58. The van der Waals surface area contributed by atoms with Gasteiger partial charge in [-0.05, 0) is 41.8 Å². The zero-order valence-electron chi connectivity index (χ0n) is 11.3. The molecule has 0 aliphatic rings. The predicted octanol–water partition coefficient (Wildman–Crippen LogP) is 2.83. The van der Waals surface area contributed by atoms with Crippen LogP contribution in [-0.4, -0.2) is 7.11 Å². The summed E-state index contributed by atoms with van der Waals surface area (Å²) in [5, 5.41) is 0. The van der Waals surface area contributed by atoms with Crippen LogP contribution in [0.2, 0.25) is 0 Å². The van der Waals surface area contributed by atoms with Crippen molar-refractivity contribution in [1.29, 1.82) is 0 Å². The molecule has 2 aromatic carbocycles. The number of nitrogens with two attached hydrogens (primary N) is 1. The van der Waals surface area contributed by atoms with Gasteiger partial charge in [-0.25, -0.2) is 14.2 Å². The van der Waals surface area contributed by atoms with Crippen LogP contribution in [0.3, 0.4) is 0 Å². The minimum atomic E-state index is -0.901. The van der Waals surface area contributed by atoms with Crippen LogP contribution in [0, 0.1) is 18.6 Å². The van der Waals surface area contributed by atoms with E-state index in [-0.39, 0.29) is 0 Å². The Morgan fingerprint density at radius 3 is 2.30 bits per heavy atom. The van der Waals surface area contributed by atoms with Gasteiger partial charge in [0.2, 0.25) is 0 Å². The fourth-order valence-corrected chi connectivity index (χ4v) is 2.09. The second-order valence-electron chi connectivity index (χ2n) is 4.50. The molecule has 0 heterocycles. The van der Waals surface area contributed by atoms with E-state index in [0.29, 0.717) is 11.3 Å². The average molecular weight is 278 g/mol. The molecule has 106 valence electrons. The fraction of sp³-hybridized carbons (Fsp3) is 0.200. The van der Waals surface area contributed by atoms with Crippen LogP contribution in [0.25, 0.3) is 0 Å². The lowest BCUT2D eigenvalue weighted by atomic mass is 9.98. The van der Waals surface area contributed by atoms with Gasteiger partial charge in [0.05, 0.1) is 13.2 Å². The largest absolute Gasteiger partial charge is 0.496 e. The lowest BCUT2D eigenvalue weighted by Gasteiger charge is -2.18. The molecular weight excluding hydrogens is 262 g/mol. The second kappa shape index (κ2) is 5.98. The van der Waals surface area contributed by atoms with E-state index in [2.05, 4.69) is 5.43 Å². The molecule has 1 unspecified atom stereocenters.